The third kappa shape index (κ3) is 5.29. The number of aliphatic carboxylic acids is 1. The van der Waals surface area contributed by atoms with Gasteiger partial charge in [0.1, 0.15) is 12.8 Å². The fraction of sp³-hybridized carbons (Fsp3) is 0.833. The molecule has 72 valence electrons. The Labute approximate surface area is 74.9 Å². The van der Waals surface area contributed by atoms with Gasteiger partial charge in [0.15, 0.2) is 0 Å². The molecule has 1 unspecified atom stereocenters. The van der Waals surface area contributed by atoms with Crippen LogP contribution in [0.15, 0.2) is 0 Å². The average Bonchev–Trinajstić information content (AvgIpc) is 1.96. The summed E-state index contributed by atoms with van der Waals surface area (Å²) in [6.07, 6.45) is 0.565. The summed E-state index contributed by atoms with van der Waals surface area (Å²) in [5.41, 5.74) is 4.61. The number of carbonyl (C=O) groups is 1. The Kier molecular flexibility index (Phi) is 5.96. The van der Waals surface area contributed by atoms with Crippen molar-refractivity contribution in [2.45, 2.75) is 24.4 Å². The fourth-order valence-corrected chi connectivity index (χ4v) is 0.858. The SMILES string of the molecule is NC(Cl)CC[C@H](NCF)C(=O)O. The van der Waals surface area contributed by atoms with E-state index >= 15 is 0 Å². The topological polar surface area (TPSA) is 75.3 Å². The summed E-state index contributed by atoms with van der Waals surface area (Å²) in [5.74, 6) is -1.09. The summed E-state index contributed by atoms with van der Waals surface area (Å²) in [4.78, 5) is 10.4. The van der Waals surface area contributed by atoms with Gasteiger partial charge in [0, 0.05) is 0 Å². The quantitative estimate of drug-likeness (QED) is 0.423. The fourth-order valence-electron chi connectivity index (χ4n) is 0.732. The lowest BCUT2D eigenvalue weighted by molar-refractivity contribution is -0.139. The summed E-state index contributed by atoms with van der Waals surface area (Å²) in [6, 6.07) is -0.903. The Morgan fingerprint density at radius 3 is 2.58 bits per heavy atom. The number of nitrogens with two attached hydrogens (primary N) is 1. The third-order valence-corrected chi connectivity index (χ3v) is 1.57. The zero-order valence-corrected chi connectivity index (χ0v) is 7.22. The Balaban J connectivity index is 3.71. The highest BCUT2D eigenvalue weighted by Gasteiger charge is 2.16. The van der Waals surface area contributed by atoms with E-state index in [0.29, 0.717) is 6.42 Å². The van der Waals surface area contributed by atoms with E-state index in [4.69, 9.17) is 22.4 Å². The summed E-state index contributed by atoms with van der Waals surface area (Å²) in [5, 5.41) is 10.7. The highest BCUT2D eigenvalue weighted by molar-refractivity contribution is 6.20. The van der Waals surface area contributed by atoms with Gasteiger partial charge in [-0.15, -0.1) is 11.6 Å². The van der Waals surface area contributed by atoms with Crippen molar-refractivity contribution in [2.75, 3.05) is 6.80 Å². The highest BCUT2D eigenvalue weighted by Crippen LogP contribution is 2.03. The molecule has 0 aliphatic carbocycles. The first-order valence-electron chi connectivity index (χ1n) is 3.49. The number of alkyl halides is 2. The molecule has 2 atom stereocenters. The highest BCUT2D eigenvalue weighted by atomic mass is 35.5. The van der Waals surface area contributed by atoms with Gasteiger partial charge in [0.25, 0.3) is 0 Å². The van der Waals surface area contributed by atoms with E-state index in [2.05, 4.69) is 5.32 Å². The van der Waals surface area contributed by atoms with E-state index < -0.39 is 24.3 Å². The van der Waals surface area contributed by atoms with E-state index in [1.807, 2.05) is 0 Å². The minimum absolute atomic E-state index is 0.226. The third-order valence-electron chi connectivity index (χ3n) is 1.35. The van der Waals surface area contributed by atoms with Crippen molar-refractivity contribution < 1.29 is 14.3 Å². The van der Waals surface area contributed by atoms with Crippen LogP contribution in [0.25, 0.3) is 0 Å². The second-order valence-corrected chi connectivity index (χ2v) is 2.88. The average molecular weight is 199 g/mol. The predicted octanol–water partition coefficient (Wildman–Crippen LogP) is 0.260. The Hall–Kier alpha value is -0.390. The van der Waals surface area contributed by atoms with E-state index in [0.717, 1.165) is 0 Å². The van der Waals surface area contributed by atoms with Crippen LogP contribution in [0.5, 0.6) is 0 Å². The van der Waals surface area contributed by atoms with Crippen molar-refractivity contribution in [3.63, 3.8) is 0 Å². The van der Waals surface area contributed by atoms with Gasteiger partial charge < -0.3 is 10.8 Å². The van der Waals surface area contributed by atoms with Crippen molar-refractivity contribution >= 4 is 17.6 Å². The predicted molar refractivity (Wildman–Crippen MR) is 43.6 cm³/mol. The van der Waals surface area contributed by atoms with Gasteiger partial charge in [-0.05, 0) is 12.8 Å². The van der Waals surface area contributed by atoms with Crippen LogP contribution in [-0.2, 0) is 4.79 Å². The molecule has 0 heterocycles. The molecule has 0 saturated carbocycles. The van der Waals surface area contributed by atoms with Gasteiger partial charge in [0.05, 0.1) is 5.50 Å². The number of halogens is 2. The molecule has 4 nitrogen and oxygen atoms in total. The number of carboxylic acids is 1. The Bertz CT molecular complexity index is 146. The first-order chi connectivity index (χ1) is 5.57. The standard InChI is InChI=1S/C6H12ClFN2O2/c7-5(9)2-1-4(6(11)12)10-3-8/h4-5,10H,1-3,9H2,(H,11,12)/t4-,5?/m0/s1. The molecule has 0 spiro atoms. The lowest BCUT2D eigenvalue weighted by Crippen LogP contribution is -2.37. The molecule has 0 aliphatic rings. The van der Waals surface area contributed by atoms with Crippen LogP contribution in [0.3, 0.4) is 0 Å². The summed E-state index contributed by atoms with van der Waals surface area (Å²) < 4.78 is 11.7. The first kappa shape index (κ1) is 11.6. The molecule has 6 heteroatoms. The zero-order valence-electron chi connectivity index (χ0n) is 6.46. The van der Waals surface area contributed by atoms with Gasteiger partial charge in [-0.3, -0.25) is 10.1 Å². The molecule has 0 aromatic carbocycles. The second kappa shape index (κ2) is 6.16. The maximum Gasteiger partial charge on any atom is 0.320 e. The number of hydrogen-bond donors (Lipinski definition) is 3. The molecule has 0 rings (SSSR count). The Morgan fingerprint density at radius 2 is 2.25 bits per heavy atom. The monoisotopic (exact) mass is 198 g/mol. The molecule has 0 fully saturated rings. The second-order valence-electron chi connectivity index (χ2n) is 2.32. The molecule has 0 bridgehead atoms. The lowest BCUT2D eigenvalue weighted by Gasteiger charge is -2.11. The van der Waals surface area contributed by atoms with Crippen molar-refractivity contribution in [3.8, 4) is 0 Å². The van der Waals surface area contributed by atoms with Crippen molar-refractivity contribution in [2.24, 2.45) is 5.73 Å². The molecule has 4 N–H and O–H groups in total. The molecule has 0 saturated heterocycles. The van der Waals surface area contributed by atoms with Gasteiger partial charge in [-0.2, -0.15) is 0 Å². The lowest BCUT2D eigenvalue weighted by atomic mass is 10.1. The smallest absolute Gasteiger partial charge is 0.320 e. The van der Waals surface area contributed by atoms with Crippen LogP contribution in [0, 0.1) is 0 Å². The van der Waals surface area contributed by atoms with E-state index in [-0.39, 0.29) is 6.42 Å². The van der Waals surface area contributed by atoms with Crippen LogP contribution >= 0.6 is 11.6 Å². The van der Waals surface area contributed by atoms with Gasteiger partial charge in [-0.1, -0.05) is 0 Å². The van der Waals surface area contributed by atoms with E-state index in [9.17, 15) is 9.18 Å². The summed E-state index contributed by atoms with van der Waals surface area (Å²) in [6.45, 7) is -0.867. The largest absolute Gasteiger partial charge is 0.480 e. The van der Waals surface area contributed by atoms with Crippen LogP contribution in [0.4, 0.5) is 4.39 Å². The molecular weight excluding hydrogens is 187 g/mol. The van der Waals surface area contributed by atoms with Crippen molar-refractivity contribution in [3.05, 3.63) is 0 Å². The summed E-state index contributed by atoms with van der Waals surface area (Å²) >= 11 is 5.39. The number of hydrogen-bond acceptors (Lipinski definition) is 3. The number of rotatable bonds is 6. The van der Waals surface area contributed by atoms with E-state index in [1.54, 1.807) is 0 Å². The number of nitrogens with one attached hydrogen (secondary N) is 1. The zero-order chi connectivity index (χ0) is 9.56. The van der Waals surface area contributed by atoms with Crippen LogP contribution < -0.4 is 11.1 Å². The first-order valence-corrected chi connectivity index (χ1v) is 3.93. The molecule has 0 radical (unpaired) electrons. The van der Waals surface area contributed by atoms with Crippen molar-refractivity contribution in [1.29, 1.82) is 0 Å². The van der Waals surface area contributed by atoms with Gasteiger partial charge >= 0.3 is 5.97 Å². The summed E-state index contributed by atoms with van der Waals surface area (Å²) in [7, 11) is 0. The Morgan fingerprint density at radius 1 is 1.67 bits per heavy atom. The van der Waals surface area contributed by atoms with Gasteiger partial charge in [-0.25, -0.2) is 4.39 Å². The van der Waals surface area contributed by atoms with Crippen molar-refractivity contribution in [1.82, 2.24) is 5.32 Å². The van der Waals surface area contributed by atoms with E-state index in [1.165, 1.54) is 0 Å². The van der Waals surface area contributed by atoms with Crippen LogP contribution in [-0.4, -0.2) is 29.4 Å². The molecule has 0 aromatic heterocycles. The molecular formula is C6H12ClFN2O2. The molecule has 12 heavy (non-hydrogen) atoms. The maximum atomic E-state index is 11.7. The normalized spacial score (nSPS) is 15.6. The van der Waals surface area contributed by atoms with Gasteiger partial charge in [0.2, 0.25) is 0 Å². The molecule has 0 amide bonds. The van der Waals surface area contributed by atoms with Crippen LogP contribution in [0.1, 0.15) is 12.8 Å². The maximum absolute atomic E-state index is 11.7. The number of carboxylic acid groups (broad SMARTS) is 1. The molecule has 0 aromatic rings. The minimum Gasteiger partial charge on any atom is -0.480 e. The minimum atomic E-state index is -1.09. The van der Waals surface area contributed by atoms with Crippen LogP contribution in [0.2, 0.25) is 0 Å². The molecule has 0 aliphatic heterocycles.